The Morgan fingerprint density at radius 2 is 1.71 bits per heavy atom. The van der Waals surface area contributed by atoms with Crippen LogP contribution in [0.5, 0.6) is 0 Å². The van der Waals surface area contributed by atoms with Gasteiger partial charge in [-0.3, -0.25) is 4.79 Å². The van der Waals surface area contributed by atoms with Crippen molar-refractivity contribution in [1.82, 2.24) is 19.9 Å². The van der Waals surface area contributed by atoms with E-state index >= 15 is 0 Å². The Morgan fingerprint density at radius 1 is 1.00 bits per heavy atom. The number of carbonyl (C=O) groups excluding carboxylic acids is 2. The van der Waals surface area contributed by atoms with E-state index in [1.165, 1.54) is 12.7 Å². The summed E-state index contributed by atoms with van der Waals surface area (Å²) in [5, 5.41) is 8.22. The number of aromatic nitrogens is 3. The fourth-order valence-corrected chi connectivity index (χ4v) is 3.69. The Kier molecular flexibility index (Phi) is 5.97. The van der Waals surface area contributed by atoms with E-state index in [0.717, 1.165) is 11.3 Å². The number of methoxy groups -OCH3 is 1. The normalized spacial score (nSPS) is 13.9. The summed E-state index contributed by atoms with van der Waals surface area (Å²) in [5.74, 6) is -0.450. The van der Waals surface area contributed by atoms with Gasteiger partial charge in [0.1, 0.15) is 0 Å². The van der Waals surface area contributed by atoms with Gasteiger partial charge in [0.25, 0.3) is 5.91 Å². The molecule has 1 aliphatic rings. The molecule has 2 aromatic carbocycles. The maximum absolute atomic E-state index is 12.9. The van der Waals surface area contributed by atoms with Crippen molar-refractivity contribution >= 4 is 17.6 Å². The number of esters is 1. The lowest BCUT2D eigenvalue weighted by Gasteiger charge is -2.35. The molecule has 3 aromatic rings. The summed E-state index contributed by atoms with van der Waals surface area (Å²) in [4.78, 5) is 28.5. The molecular formula is C23H25N5O3. The van der Waals surface area contributed by atoms with Crippen LogP contribution in [0.4, 0.5) is 5.69 Å². The first-order chi connectivity index (χ1) is 15.0. The largest absolute Gasteiger partial charge is 0.465 e. The minimum Gasteiger partial charge on any atom is -0.465 e. The highest BCUT2D eigenvalue weighted by Crippen LogP contribution is 2.18. The fraction of sp³-hybridized carbons (Fsp3) is 0.304. The van der Waals surface area contributed by atoms with Crippen LogP contribution in [0.15, 0.2) is 54.7 Å². The van der Waals surface area contributed by atoms with Gasteiger partial charge >= 0.3 is 5.97 Å². The third-order valence-corrected chi connectivity index (χ3v) is 5.57. The molecule has 1 fully saturated rings. The summed E-state index contributed by atoms with van der Waals surface area (Å²) in [7, 11) is 1.37. The zero-order valence-electron chi connectivity index (χ0n) is 17.7. The first-order valence-electron chi connectivity index (χ1n) is 10.2. The van der Waals surface area contributed by atoms with Crippen molar-refractivity contribution in [3.05, 3.63) is 77.1 Å². The van der Waals surface area contributed by atoms with Crippen molar-refractivity contribution in [2.75, 3.05) is 38.2 Å². The van der Waals surface area contributed by atoms with Gasteiger partial charge in [-0.1, -0.05) is 29.5 Å². The minimum absolute atomic E-state index is 0.100. The molecule has 1 aromatic heterocycles. The van der Waals surface area contributed by atoms with Crippen LogP contribution >= 0.6 is 0 Å². The molecule has 8 heteroatoms. The van der Waals surface area contributed by atoms with Crippen LogP contribution in [-0.4, -0.2) is 65.1 Å². The number of hydrogen-bond donors (Lipinski definition) is 0. The van der Waals surface area contributed by atoms with E-state index in [4.69, 9.17) is 4.74 Å². The van der Waals surface area contributed by atoms with Gasteiger partial charge in [0.15, 0.2) is 5.69 Å². The van der Waals surface area contributed by atoms with E-state index in [1.807, 2.05) is 24.3 Å². The van der Waals surface area contributed by atoms with Crippen LogP contribution in [0.3, 0.4) is 0 Å². The zero-order valence-corrected chi connectivity index (χ0v) is 17.7. The lowest BCUT2D eigenvalue weighted by molar-refractivity contribution is 0.0600. The van der Waals surface area contributed by atoms with Gasteiger partial charge < -0.3 is 14.5 Å². The number of anilines is 1. The Bertz CT molecular complexity index is 1070. The van der Waals surface area contributed by atoms with Crippen LogP contribution in [0.2, 0.25) is 0 Å². The molecule has 0 unspecified atom stereocenters. The lowest BCUT2D eigenvalue weighted by Crippen LogP contribution is -2.48. The number of amides is 1. The Hall–Kier alpha value is -3.68. The Balaban J connectivity index is 1.35. The molecule has 2 heterocycles. The quantitative estimate of drug-likeness (QED) is 0.591. The maximum Gasteiger partial charge on any atom is 0.337 e. The summed E-state index contributed by atoms with van der Waals surface area (Å²) < 4.78 is 6.44. The third kappa shape index (κ3) is 4.58. The molecule has 1 saturated heterocycles. The number of hydrogen-bond acceptors (Lipinski definition) is 6. The number of piperazine rings is 1. The first kappa shape index (κ1) is 20.6. The smallest absolute Gasteiger partial charge is 0.337 e. The van der Waals surface area contributed by atoms with Gasteiger partial charge in [0, 0.05) is 31.9 Å². The van der Waals surface area contributed by atoms with E-state index in [1.54, 1.807) is 27.9 Å². The maximum atomic E-state index is 12.9. The molecule has 1 amide bonds. The summed E-state index contributed by atoms with van der Waals surface area (Å²) in [6.07, 6.45) is 1.71. The molecule has 0 spiro atoms. The molecule has 31 heavy (non-hydrogen) atoms. The molecule has 0 atom stereocenters. The van der Waals surface area contributed by atoms with Crippen molar-refractivity contribution in [1.29, 1.82) is 0 Å². The molecule has 0 saturated carbocycles. The van der Waals surface area contributed by atoms with Crippen molar-refractivity contribution in [2.45, 2.75) is 13.5 Å². The highest BCUT2D eigenvalue weighted by molar-refractivity contribution is 5.92. The summed E-state index contributed by atoms with van der Waals surface area (Å²) in [6.45, 7) is 5.26. The third-order valence-electron chi connectivity index (χ3n) is 5.57. The van der Waals surface area contributed by atoms with Crippen molar-refractivity contribution < 1.29 is 14.3 Å². The second-order valence-corrected chi connectivity index (χ2v) is 7.55. The van der Waals surface area contributed by atoms with Gasteiger partial charge in [-0.15, -0.1) is 5.10 Å². The number of rotatable bonds is 5. The molecule has 4 rings (SSSR count). The second-order valence-electron chi connectivity index (χ2n) is 7.55. The monoisotopic (exact) mass is 419 g/mol. The summed E-state index contributed by atoms with van der Waals surface area (Å²) in [6, 6.07) is 15.4. The number of aryl methyl sites for hydroxylation is 1. The van der Waals surface area contributed by atoms with Crippen LogP contribution in [0.1, 0.15) is 32.0 Å². The molecule has 0 radical (unpaired) electrons. The number of benzene rings is 2. The van der Waals surface area contributed by atoms with Gasteiger partial charge in [-0.25, -0.2) is 9.48 Å². The number of ether oxygens (including phenoxy) is 1. The highest BCUT2D eigenvalue weighted by Gasteiger charge is 2.24. The molecular weight excluding hydrogens is 394 g/mol. The van der Waals surface area contributed by atoms with Crippen LogP contribution in [-0.2, 0) is 11.3 Å². The van der Waals surface area contributed by atoms with Crippen LogP contribution in [0, 0.1) is 6.92 Å². The SMILES string of the molecule is COC(=O)c1ccc(N2CCN(C(=O)c3cn(Cc4ccccc4C)nn3)CC2)cc1. The number of carbonyl (C=O) groups is 2. The first-order valence-corrected chi connectivity index (χ1v) is 10.2. The van der Waals surface area contributed by atoms with Gasteiger partial charge in [-0.2, -0.15) is 0 Å². The highest BCUT2D eigenvalue weighted by atomic mass is 16.5. The molecule has 0 N–H and O–H groups in total. The zero-order chi connectivity index (χ0) is 21.8. The average Bonchev–Trinajstić information content (AvgIpc) is 3.28. The molecule has 160 valence electrons. The van der Waals surface area contributed by atoms with Crippen molar-refractivity contribution in [3.63, 3.8) is 0 Å². The van der Waals surface area contributed by atoms with E-state index < -0.39 is 0 Å². The molecule has 0 aliphatic carbocycles. The van der Waals surface area contributed by atoms with Gasteiger partial charge in [-0.05, 0) is 42.3 Å². The van der Waals surface area contributed by atoms with Gasteiger partial charge in [0.05, 0.1) is 25.4 Å². The van der Waals surface area contributed by atoms with E-state index in [2.05, 4.69) is 34.3 Å². The average molecular weight is 419 g/mol. The van der Waals surface area contributed by atoms with E-state index in [-0.39, 0.29) is 11.9 Å². The predicted octanol–water partition coefficient (Wildman–Crippen LogP) is 2.38. The summed E-state index contributed by atoms with van der Waals surface area (Å²) in [5.41, 5.74) is 4.24. The second kappa shape index (κ2) is 8.99. The molecule has 8 nitrogen and oxygen atoms in total. The van der Waals surface area contributed by atoms with E-state index in [0.29, 0.717) is 44.0 Å². The molecule has 1 aliphatic heterocycles. The summed E-state index contributed by atoms with van der Waals surface area (Å²) >= 11 is 0. The fourth-order valence-electron chi connectivity index (χ4n) is 3.69. The van der Waals surface area contributed by atoms with Gasteiger partial charge in [0.2, 0.25) is 0 Å². The van der Waals surface area contributed by atoms with Crippen molar-refractivity contribution in [2.24, 2.45) is 0 Å². The Labute approximate surface area is 181 Å². The predicted molar refractivity (Wildman–Crippen MR) is 116 cm³/mol. The lowest BCUT2D eigenvalue weighted by atomic mass is 10.1. The topological polar surface area (TPSA) is 80.6 Å². The Morgan fingerprint density at radius 3 is 2.39 bits per heavy atom. The molecule has 0 bridgehead atoms. The van der Waals surface area contributed by atoms with Crippen molar-refractivity contribution in [3.8, 4) is 0 Å². The standard InChI is InChI=1S/C23H25N5O3/c1-17-5-3-4-6-19(17)15-28-16-21(24-25-28)22(29)27-13-11-26(12-14-27)20-9-7-18(8-10-20)23(30)31-2/h3-10,16H,11-15H2,1-2H3. The van der Waals surface area contributed by atoms with Crippen LogP contribution < -0.4 is 4.90 Å². The van der Waals surface area contributed by atoms with Crippen LogP contribution in [0.25, 0.3) is 0 Å². The van der Waals surface area contributed by atoms with E-state index in [9.17, 15) is 9.59 Å². The number of nitrogens with zero attached hydrogens (tertiary/aromatic N) is 5. The minimum atomic E-state index is -0.350.